The summed E-state index contributed by atoms with van der Waals surface area (Å²) in [6.07, 6.45) is 4.94. The molecule has 7 nitrogen and oxygen atoms in total. The van der Waals surface area contributed by atoms with Gasteiger partial charge in [0.1, 0.15) is 0 Å². The number of ether oxygens (including phenoxy) is 2. The number of hydrogen-bond donors (Lipinski definition) is 2. The molecule has 0 atom stereocenters. The number of rotatable bonds is 6. The third-order valence-corrected chi connectivity index (χ3v) is 5.17. The number of anilines is 1. The highest BCUT2D eigenvalue weighted by Crippen LogP contribution is 2.32. The summed E-state index contributed by atoms with van der Waals surface area (Å²) in [6, 6.07) is 16.1. The number of fused-ring (bicyclic) bond motifs is 1. The summed E-state index contributed by atoms with van der Waals surface area (Å²) in [5.41, 5.74) is 4.32. The molecule has 2 aromatic carbocycles. The first-order valence-electron chi connectivity index (χ1n) is 10.7. The summed E-state index contributed by atoms with van der Waals surface area (Å²) in [4.78, 5) is 4.33. The van der Waals surface area contributed by atoms with Crippen molar-refractivity contribution in [1.82, 2.24) is 15.1 Å². The minimum Gasteiger partial charge on any atom is -0.490 e. The molecule has 0 saturated heterocycles. The number of para-hydroxylation sites is 1. The van der Waals surface area contributed by atoms with Crippen molar-refractivity contribution >= 4 is 35.6 Å². The van der Waals surface area contributed by atoms with Gasteiger partial charge in [-0.3, -0.25) is 4.99 Å². The van der Waals surface area contributed by atoms with Gasteiger partial charge in [-0.1, -0.05) is 18.2 Å². The van der Waals surface area contributed by atoms with Gasteiger partial charge in [-0.2, -0.15) is 5.10 Å². The molecule has 170 valence electrons. The highest BCUT2D eigenvalue weighted by Gasteiger charge is 2.11. The Bertz CT molecular complexity index is 1040. The lowest BCUT2D eigenvalue weighted by Gasteiger charge is -2.14. The first kappa shape index (κ1) is 23.9. The van der Waals surface area contributed by atoms with Crippen LogP contribution in [0.2, 0.25) is 0 Å². The van der Waals surface area contributed by atoms with E-state index in [4.69, 9.17) is 9.47 Å². The molecule has 2 heterocycles. The van der Waals surface area contributed by atoms with Gasteiger partial charge in [0.15, 0.2) is 17.5 Å². The highest BCUT2D eigenvalue weighted by atomic mass is 127. The lowest BCUT2D eigenvalue weighted by atomic mass is 10.1. The van der Waals surface area contributed by atoms with Gasteiger partial charge in [0.25, 0.3) is 0 Å². The molecule has 0 bridgehead atoms. The smallest absolute Gasteiger partial charge is 0.195 e. The normalized spacial score (nSPS) is 13.1. The van der Waals surface area contributed by atoms with Crippen molar-refractivity contribution in [2.45, 2.75) is 26.2 Å². The van der Waals surface area contributed by atoms with Crippen LogP contribution in [-0.4, -0.2) is 42.5 Å². The maximum atomic E-state index is 5.76. The van der Waals surface area contributed by atoms with Crippen LogP contribution in [0.1, 0.15) is 24.1 Å². The molecular weight excluding hydrogens is 517 g/mol. The molecule has 0 saturated carbocycles. The van der Waals surface area contributed by atoms with E-state index in [2.05, 4.69) is 46.0 Å². The minimum absolute atomic E-state index is 0. The maximum Gasteiger partial charge on any atom is 0.195 e. The third kappa shape index (κ3) is 6.15. The number of aromatic nitrogens is 2. The topological polar surface area (TPSA) is 72.7 Å². The van der Waals surface area contributed by atoms with Crippen LogP contribution in [0.3, 0.4) is 0 Å². The van der Waals surface area contributed by atoms with E-state index in [0.29, 0.717) is 13.2 Å². The summed E-state index contributed by atoms with van der Waals surface area (Å²) < 4.78 is 13.4. The monoisotopic (exact) mass is 547 g/mol. The van der Waals surface area contributed by atoms with E-state index in [0.717, 1.165) is 60.3 Å². The Kier molecular flexibility index (Phi) is 8.78. The van der Waals surface area contributed by atoms with Gasteiger partial charge in [-0.25, -0.2) is 4.68 Å². The molecule has 0 fully saturated rings. The molecule has 1 aliphatic rings. The number of aryl methyl sites for hydroxylation is 2. The van der Waals surface area contributed by atoms with E-state index < -0.39 is 0 Å². The first-order chi connectivity index (χ1) is 15.2. The number of halogens is 1. The standard InChI is InChI=1S/C24H29N5O2.HI/c1-18-19(17-29(28-18)21-9-4-3-5-10-21)8-6-13-26-24(25-2)27-20-11-12-22-23(16-20)31-15-7-14-30-22;/h3-5,9-12,16-17H,6-8,13-15H2,1-2H3,(H2,25,26,27);1H. The Hall–Kier alpha value is -2.75. The van der Waals surface area contributed by atoms with Crippen LogP contribution in [0.4, 0.5) is 5.69 Å². The van der Waals surface area contributed by atoms with E-state index in [1.807, 2.05) is 41.1 Å². The predicted octanol–water partition coefficient (Wildman–Crippen LogP) is 4.58. The van der Waals surface area contributed by atoms with Gasteiger partial charge < -0.3 is 20.1 Å². The van der Waals surface area contributed by atoms with Crippen LogP contribution in [-0.2, 0) is 6.42 Å². The van der Waals surface area contributed by atoms with Crippen molar-refractivity contribution in [3.8, 4) is 17.2 Å². The zero-order valence-electron chi connectivity index (χ0n) is 18.5. The Balaban J connectivity index is 0.00000289. The number of benzene rings is 2. The zero-order valence-corrected chi connectivity index (χ0v) is 20.8. The van der Waals surface area contributed by atoms with Crippen molar-refractivity contribution in [2.24, 2.45) is 4.99 Å². The number of nitrogens with one attached hydrogen (secondary N) is 2. The minimum atomic E-state index is 0. The fourth-order valence-corrected chi connectivity index (χ4v) is 3.50. The van der Waals surface area contributed by atoms with E-state index in [1.54, 1.807) is 7.05 Å². The number of aliphatic imine (C=N–C) groups is 1. The molecule has 1 aromatic heterocycles. The van der Waals surface area contributed by atoms with Gasteiger partial charge in [-0.05, 0) is 49.6 Å². The first-order valence-corrected chi connectivity index (χ1v) is 10.7. The molecule has 0 radical (unpaired) electrons. The fraction of sp³-hybridized carbons (Fsp3) is 0.333. The number of nitrogens with zero attached hydrogens (tertiary/aromatic N) is 3. The van der Waals surface area contributed by atoms with Crippen molar-refractivity contribution in [1.29, 1.82) is 0 Å². The fourth-order valence-electron chi connectivity index (χ4n) is 3.50. The SMILES string of the molecule is CN=C(NCCCc1cn(-c2ccccc2)nc1C)Nc1ccc2c(c1)OCCCO2.I. The Morgan fingerprint density at radius 1 is 1.09 bits per heavy atom. The van der Waals surface area contributed by atoms with Gasteiger partial charge in [-0.15, -0.1) is 24.0 Å². The Morgan fingerprint density at radius 3 is 2.66 bits per heavy atom. The largest absolute Gasteiger partial charge is 0.490 e. The average molecular weight is 547 g/mol. The molecule has 1 aliphatic heterocycles. The lowest BCUT2D eigenvalue weighted by Crippen LogP contribution is -2.31. The van der Waals surface area contributed by atoms with Gasteiger partial charge in [0.05, 0.1) is 24.6 Å². The second kappa shape index (κ2) is 11.8. The molecule has 0 spiro atoms. The third-order valence-electron chi connectivity index (χ3n) is 5.17. The van der Waals surface area contributed by atoms with Crippen LogP contribution in [0.25, 0.3) is 5.69 Å². The van der Waals surface area contributed by atoms with Crippen LogP contribution < -0.4 is 20.1 Å². The number of guanidine groups is 1. The van der Waals surface area contributed by atoms with Gasteiger partial charge in [0.2, 0.25) is 0 Å². The van der Waals surface area contributed by atoms with Gasteiger partial charge in [0, 0.05) is 38.0 Å². The Labute approximate surface area is 206 Å². The average Bonchev–Trinajstić information content (AvgIpc) is 3.01. The van der Waals surface area contributed by atoms with Gasteiger partial charge >= 0.3 is 0 Å². The molecular formula is C24H30IN5O2. The van der Waals surface area contributed by atoms with Crippen LogP contribution in [0, 0.1) is 6.92 Å². The highest BCUT2D eigenvalue weighted by molar-refractivity contribution is 14.0. The van der Waals surface area contributed by atoms with Crippen molar-refractivity contribution in [3.63, 3.8) is 0 Å². The number of hydrogen-bond acceptors (Lipinski definition) is 4. The predicted molar refractivity (Wildman–Crippen MR) is 139 cm³/mol. The maximum absolute atomic E-state index is 5.76. The second-order valence-corrected chi connectivity index (χ2v) is 7.46. The van der Waals surface area contributed by atoms with E-state index in [-0.39, 0.29) is 24.0 Å². The lowest BCUT2D eigenvalue weighted by molar-refractivity contribution is 0.297. The molecule has 0 amide bonds. The molecule has 8 heteroatoms. The van der Waals surface area contributed by atoms with Crippen molar-refractivity contribution in [2.75, 3.05) is 32.1 Å². The van der Waals surface area contributed by atoms with Crippen molar-refractivity contribution in [3.05, 3.63) is 66.0 Å². The Morgan fingerprint density at radius 2 is 1.88 bits per heavy atom. The second-order valence-electron chi connectivity index (χ2n) is 7.46. The zero-order chi connectivity index (χ0) is 21.5. The summed E-state index contributed by atoms with van der Waals surface area (Å²) in [6.45, 7) is 4.23. The molecule has 4 rings (SSSR count). The van der Waals surface area contributed by atoms with Crippen LogP contribution in [0.5, 0.6) is 11.5 Å². The summed E-state index contributed by atoms with van der Waals surface area (Å²) in [7, 11) is 1.77. The summed E-state index contributed by atoms with van der Waals surface area (Å²) in [5, 5.41) is 11.3. The van der Waals surface area contributed by atoms with Crippen molar-refractivity contribution < 1.29 is 9.47 Å². The summed E-state index contributed by atoms with van der Waals surface area (Å²) >= 11 is 0. The molecule has 0 unspecified atom stereocenters. The van der Waals surface area contributed by atoms with E-state index >= 15 is 0 Å². The van der Waals surface area contributed by atoms with Crippen LogP contribution in [0.15, 0.2) is 59.7 Å². The summed E-state index contributed by atoms with van der Waals surface area (Å²) in [5.74, 6) is 2.28. The molecule has 0 aliphatic carbocycles. The molecule has 3 aromatic rings. The van der Waals surface area contributed by atoms with E-state index in [9.17, 15) is 0 Å². The van der Waals surface area contributed by atoms with E-state index in [1.165, 1.54) is 5.56 Å². The quantitative estimate of drug-likeness (QED) is 0.205. The molecule has 32 heavy (non-hydrogen) atoms. The van der Waals surface area contributed by atoms with Crippen LogP contribution >= 0.6 is 24.0 Å². The molecule has 2 N–H and O–H groups in total.